The first-order valence-corrected chi connectivity index (χ1v) is 14.9. The third-order valence-electron chi connectivity index (χ3n) is 6.06. The highest BCUT2D eigenvalue weighted by atomic mass is 32.2. The molecule has 0 fully saturated rings. The predicted molar refractivity (Wildman–Crippen MR) is 154 cm³/mol. The van der Waals surface area contributed by atoms with Crippen molar-refractivity contribution in [3.63, 3.8) is 0 Å². The summed E-state index contributed by atoms with van der Waals surface area (Å²) < 4.78 is 41.0. The van der Waals surface area contributed by atoms with Gasteiger partial charge in [-0.15, -0.1) is 0 Å². The maximum Gasteiger partial charge on any atom is 0.240 e. The van der Waals surface area contributed by atoms with Gasteiger partial charge in [0.2, 0.25) is 10.0 Å². The summed E-state index contributed by atoms with van der Waals surface area (Å²) in [7, 11) is -0.266. The Balaban J connectivity index is 1.63. The zero-order chi connectivity index (χ0) is 27.1. The summed E-state index contributed by atoms with van der Waals surface area (Å²) in [6.07, 6.45) is 0.926. The summed E-state index contributed by atoms with van der Waals surface area (Å²) in [5, 5.41) is 0.845. The third kappa shape index (κ3) is 6.40. The van der Waals surface area contributed by atoms with Crippen LogP contribution in [0.25, 0.3) is 22.5 Å². The molecule has 0 aliphatic carbocycles. The molecule has 0 aliphatic heterocycles. The molecule has 0 spiro atoms. The van der Waals surface area contributed by atoms with Gasteiger partial charge in [0.1, 0.15) is 11.5 Å². The van der Waals surface area contributed by atoms with Crippen LogP contribution >= 0.6 is 11.8 Å². The van der Waals surface area contributed by atoms with Gasteiger partial charge in [0.25, 0.3) is 0 Å². The summed E-state index contributed by atoms with van der Waals surface area (Å²) in [6.45, 7) is 5.13. The van der Waals surface area contributed by atoms with E-state index in [1.54, 1.807) is 50.2 Å². The maximum absolute atomic E-state index is 12.7. The Hall–Kier alpha value is -3.27. The third-order valence-corrected chi connectivity index (χ3v) is 8.52. The molecule has 200 valence electrons. The Morgan fingerprint density at radius 3 is 2.00 bits per heavy atom. The minimum absolute atomic E-state index is 0.268. The van der Waals surface area contributed by atoms with Crippen LogP contribution in [0.4, 0.5) is 0 Å². The van der Waals surface area contributed by atoms with Gasteiger partial charge in [-0.1, -0.05) is 36.4 Å². The van der Waals surface area contributed by atoms with E-state index < -0.39 is 10.0 Å². The highest BCUT2D eigenvalue weighted by Gasteiger charge is 2.21. The maximum atomic E-state index is 12.7. The number of benzene rings is 3. The second-order valence-electron chi connectivity index (χ2n) is 8.76. The van der Waals surface area contributed by atoms with Gasteiger partial charge in [0, 0.05) is 30.0 Å². The first-order valence-electron chi connectivity index (χ1n) is 12.4. The Labute approximate surface area is 229 Å². The van der Waals surface area contributed by atoms with E-state index >= 15 is 0 Å². The van der Waals surface area contributed by atoms with Crippen LogP contribution in [0.3, 0.4) is 0 Å². The van der Waals surface area contributed by atoms with Gasteiger partial charge in [-0.25, -0.2) is 18.1 Å². The normalized spacial score (nSPS) is 11.5. The number of hydrogen-bond acceptors (Lipinski definition) is 6. The van der Waals surface area contributed by atoms with Crippen molar-refractivity contribution in [3.8, 4) is 34.0 Å². The van der Waals surface area contributed by atoms with Crippen molar-refractivity contribution in [2.24, 2.45) is 0 Å². The van der Waals surface area contributed by atoms with E-state index in [0.717, 1.165) is 57.7 Å². The molecule has 0 amide bonds. The van der Waals surface area contributed by atoms with Crippen LogP contribution in [0.5, 0.6) is 11.5 Å². The molecule has 9 heteroatoms. The molecular weight excluding hydrogens is 518 g/mol. The van der Waals surface area contributed by atoms with Gasteiger partial charge in [0.15, 0.2) is 5.16 Å². The quantitative estimate of drug-likeness (QED) is 0.171. The molecule has 0 atom stereocenters. The monoisotopic (exact) mass is 551 g/mol. The van der Waals surface area contributed by atoms with E-state index in [-0.39, 0.29) is 11.4 Å². The van der Waals surface area contributed by atoms with E-state index in [2.05, 4.69) is 16.2 Å². The molecule has 3 aromatic carbocycles. The van der Waals surface area contributed by atoms with E-state index in [1.165, 1.54) is 0 Å². The fraction of sp³-hybridized carbons (Fsp3) is 0.276. The van der Waals surface area contributed by atoms with Crippen molar-refractivity contribution >= 4 is 21.8 Å². The molecule has 1 N–H and O–H groups in total. The van der Waals surface area contributed by atoms with E-state index in [1.807, 2.05) is 55.5 Å². The van der Waals surface area contributed by atoms with Crippen molar-refractivity contribution in [3.05, 3.63) is 78.4 Å². The first-order chi connectivity index (χ1) is 18.4. The molecule has 38 heavy (non-hydrogen) atoms. The Morgan fingerprint density at radius 2 is 1.45 bits per heavy atom. The number of aryl methyl sites for hydroxylation is 1. The van der Waals surface area contributed by atoms with Crippen LogP contribution in [-0.4, -0.2) is 44.5 Å². The molecule has 0 radical (unpaired) electrons. The van der Waals surface area contributed by atoms with Crippen LogP contribution in [-0.2, 0) is 16.6 Å². The van der Waals surface area contributed by atoms with E-state index in [0.29, 0.717) is 5.75 Å². The number of thioether (sulfide) groups is 1. The average Bonchev–Trinajstić information content (AvgIpc) is 3.29. The molecule has 0 bridgehead atoms. The van der Waals surface area contributed by atoms with Gasteiger partial charge < -0.3 is 14.0 Å². The SMILES string of the molecule is CCCn1c(SCCNS(=O)(=O)c2ccc(C)cc2)nc(-c2ccc(OC)cc2)c1-c1ccc(OC)cc1. The molecule has 0 saturated heterocycles. The lowest BCUT2D eigenvalue weighted by Crippen LogP contribution is -2.26. The fourth-order valence-corrected chi connectivity index (χ4v) is 6.13. The number of imidazole rings is 1. The van der Waals surface area contributed by atoms with Crippen LogP contribution in [0.2, 0.25) is 0 Å². The summed E-state index contributed by atoms with van der Waals surface area (Å²) >= 11 is 1.54. The predicted octanol–water partition coefficient (Wildman–Crippen LogP) is 6.02. The van der Waals surface area contributed by atoms with Gasteiger partial charge >= 0.3 is 0 Å². The van der Waals surface area contributed by atoms with Crippen LogP contribution in [0.15, 0.2) is 82.8 Å². The molecular formula is C29H33N3O4S2. The lowest BCUT2D eigenvalue weighted by Gasteiger charge is -2.13. The molecule has 0 unspecified atom stereocenters. The molecule has 0 aliphatic rings. The molecule has 1 aromatic heterocycles. The highest BCUT2D eigenvalue weighted by molar-refractivity contribution is 7.99. The van der Waals surface area contributed by atoms with E-state index in [9.17, 15) is 8.42 Å². The average molecular weight is 552 g/mol. The number of hydrogen-bond donors (Lipinski definition) is 1. The van der Waals surface area contributed by atoms with Crippen molar-refractivity contribution in [1.82, 2.24) is 14.3 Å². The minimum Gasteiger partial charge on any atom is -0.497 e. The molecule has 1 heterocycles. The first kappa shape index (κ1) is 27.8. The van der Waals surface area contributed by atoms with Gasteiger partial charge in [-0.05, 0) is 74.0 Å². The summed E-state index contributed by atoms with van der Waals surface area (Å²) in [4.78, 5) is 5.32. The Kier molecular flexibility index (Phi) is 9.14. The van der Waals surface area contributed by atoms with Gasteiger partial charge in [-0.3, -0.25) is 0 Å². The lowest BCUT2D eigenvalue weighted by atomic mass is 10.0. The number of methoxy groups -OCH3 is 2. The number of sulfonamides is 1. The fourth-order valence-electron chi connectivity index (χ4n) is 4.08. The largest absolute Gasteiger partial charge is 0.497 e. The highest BCUT2D eigenvalue weighted by Crippen LogP contribution is 2.37. The molecule has 0 saturated carbocycles. The van der Waals surface area contributed by atoms with Crippen molar-refractivity contribution in [2.45, 2.75) is 36.9 Å². The zero-order valence-electron chi connectivity index (χ0n) is 22.1. The number of aromatic nitrogens is 2. The summed E-state index contributed by atoms with van der Waals surface area (Å²) in [5.41, 5.74) is 4.91. The Bertz CT molecular complexity index is 1450. The Morgan fingerprint density at radius 1 is 0.868 bits per heavy atom. The number of ether oxygens (including phenoxy) is 2. The van der Waals surface area contributed by atoms with Crippen LogP contribution in [0.1, 0.15) is 18.9 Å². The van der Waals surface area contributed by atoms with Crippen molar-refractivity contribution in [1.29, 1.82) is 0 Å². The topological polar surface area (TPSA) is 82.5 Å². The van der Waals surface area contributed by atoms with Crippen molar-refractivity contribution < 1.29 is 17.9 Å². The zero-order valence-corrected chi connectivity index (χ0v) is 23.7. The summed E-state index contributed by atoms with van der Waals surface area (Å²) in [6, 6.07) is 22.7. The second kappa shape index (κ2) is 12.5. The minimum atomic E-state index is -3.57. The molecule has 7 nitrogen and oxygen atoms in total. The number of rotatable bonds is 12. The second-order valence-corrected chi connectivity index (χ2v) is 11.6. The van der Waals surface area contributed by atoms with Crippen LogP contribution < -0.4 is 14.2 Å². The summed E-state index contributed by atoms with van der Waals surface area (Å²) in [5.74, 6) is 2.11. The van der Waals surface area contributed by atoms with E-state index in [4.69, 9.17) is 14.5 Å². The van der Waals surface area contributed by atoms with Gasteiger partial charge in [-0.2, -0.15) is 0 Å². The standard InChI is InChI=1S/C29H33N3O4S2/c1-5-19-32-28(23-10-14-25(36-4)15-11-23)27(22-8-12-24(35-3)13-9-22)31-29(32)37-20-18-30-38(33,34)26-16-6-21(2)7-17-26/h6-17,30H,5,18-20H2,1-4H3. The lowest BCUT2D eigenvalue weighted by molar-refractivity contribution is 0.414. The van der Waals surface area contributed by atoms with Crippen LogP contribution in [0, 0.1) is 6.92 Å². The molecule has 4 aromatic rings. The smallest absolute Gasteiger partial charge is 0.240 e. The number of nitrogens with zero attached hydrogens (tertiary/aromatic N) is 2. The van der Waals surface area contributed by atoms with Crippen molar-refractivity contribution in [2.75, 3.05) is 26.5 Å². The number of nitrogens with one attached hydrogen (secondary N) is 1. The van der Waals surface area contributed by atoms with Gasteiger partial charge in [0.05, 0.1) is 30.5 Å². The molecule has 4 rings (SSSR count).